The van der Waals surface area contributed by atoms with Crippen molar-refractivity contribution in [3.63, 3.8) is 0 Å². The normalized spacial score (nSPS) is 16.8. The van der Waals surface area contributed by atoms with E-state index in [1.807, 2.05) is 13.0 Å². The molecule has 1 atom stereocenters. The number of phenols is 1. The summed E-state index contributed by atoms with van der Waals surface area (Å²) in [6.45, 7) is 4.03. The fourth-order valence-corrected chi connectivity index (χ4v) is 4.48. The van der Waals surface area contributed by atoms with Gasteiger partial charge in [-0.05, 0) is 67.8 Å². The molecule has 37 heavy (non-hydrogen) atoms. The highest BCUT2D eigenvalue weighted by Crippen LogP contribution is 2.43. The number of hydrogen-bond acceptors (Lipinski definition) is 6. The highest BCUT2D eigenvalue weighted by molar-refractivity contribution is 6.46. The molecule has 3 aromatic rings. The quantitative estimate of drug-likeness (QED) is 0.257. The van der Waals surface area contributed by atoms with Crippen molar-refractivity contribution < 1.29 is 33.7 Å². The first-order chi connectivity index (χ1) is 17.7. The van der Waals surface area contributed by atoms with Gasteiger partial charge in [0.1, 0.15) is 17.3 Å². The largest absolute Gasteiger partial charge is 0.507 e. The number of ether oxygens (including phenoxy) is 2. The fourth-order valence-electron chi connectivity index (χ4n) is 4.48. The van der Waals surface area contributed by atoms with Crippen LogP contribution >= 0.6 is 0 Å². The third-order valence-corrected chi connectivity index (χ3v) is 6.30. The average Bonchev–Trinajstić information content (AvgIpc) is 3.14. The van der Waals surface area contributed by atoms with Crippen molar-refractivity contribution in [2.24, 2.45) is 0 Å². The van der Waals surface area contributed by atoms with Gasteiger partial charge in [-0.15, -0.1) is 0 Å². The maximum Gasteiger partial charge on any atom is 0.295 e. The highest BCUT2D eigenvalue weighted by Gasteiger charge is 2.46. The Kier molecular flexibility index (Phi) is 7.47. The molecule has 3 aromatic carbocycles. The minimum Gasteiger partial charge on any atom is -0.507 e. The number of aromatic hydroxyl groups is 1. The molecule has 0 aromatic heterocycles. The average molecular weight is 506 g/mol. The van der Waals surface area contributed by atoms with Gasteiger partial charge in [0.05, 0.1) is 30.9 Å². The predicted octanol–water partition coefficient (Wildman–Crippen LogP) is 4.91. The molecule has 2 N–H and O–H groups in total. The number of amides is 1. The minimum absolute atomic E-state index is 0.0887. The Morgan fingerprint density at radius 3 is 2.43 bits per heavy atom. The van der Waals surface area contributed by atoms with E-state index in [9.17, 15) is 24.2 Å². The summed E-state index contributed by atoms with van der Waals surface area (Å²) in [4.78, 5) is 28.0. The van der Waals surface area contributed by atoms with Gasteiger partial charge in [-0.1, -0.05) is 29.8 Å². The van der Waals surface area contributed by atoms with Gasteiger partial charge < -0.3 is 24.6 Å². The van der Waals surface area contributed by atoms with Gasteiger partial charge in [0.2, 0.25) is 0 Å². The third kappa shape index (κ3) is 5.14. The van der Waals surface area contributed by atoms with Crippen LogP contribution in [0.1, 0.15) is 35.2 Å². The first-order valence-electron chi connectivity index (χ1n) is 11.9. The molecular formula is C29H28FNO6. The Morgan fingerprint density at radius 1 is 1.03 bits per heavy atom. The van der Waals surface area contributed by atoms with Crippen LogP contribution in [0, 0.1) is 12.7 Å². The number of aliphatic hydroxyl groups excluding tert-OH is 1. The topological polar surface area (TPSA) is 96.3 Å². The van der Waals surface area contributed by atoms with E-state index in [1.54, 1.807) is 43.3 Å². The number of rotatable bonds is 8. The first kappa shape index (κ1) is 25.8. The van der Waals surface area contributed by atoms with Crippen LogP contribution in [0.2, 0.25) is 0 Å². The second-order valence-corrected chi connectivity index (χ2v) is 8.73. The van der Waals surface area contributed by atoms with Crippen LogP contribution in [0.25, 0.3) is 5.76 Å². The molecule has 1 heterocycles. The number of halogens is 1. The molecule has 7 nitrogen and oxygen atoms in total. The van der Waals surface area contributed by atoms with Gasteiger partial charge in [-0.2, -0.15) is 0 Å². The van der Waals surface area contributed by atoms with Gasteiger partial charge in [-0.3, -0.25) is 9.59 Å². The molecule has 8 heteroatoms. The number of nitrogens with zero attached hydrogens (tertiary/aromatic N) is 1. The molecule has 1 amide bonds. The van der Waals surface area contributed by atoms with Crippen molar-refractivity contribution in [1.29, 1.82) is 0 Å². The summed E-state index contributed by atoms with van der Waals surface area (Å²) in [6, 6.07) is 14.7. The predicted molar refractivity (Wildman–Crippen MR) is 136 cm³/mol. The van der Waals surface area contributed by atoms with E-state index < -0.39 is 17.7 Å². The zero-order valence-electron chi connectivity index (χ0n) is 20.8. The van der Waals surface area contributed by atoms with Crippen LogP contribution in [-0.2, 0) is 16.0 Å². The zero-order valence-corrected chi connectivity index (χ0v) is 20.8. The highest BCUT2D eigenvalue weighted by atomic mass is 19.1. The molecule has 1 aliphatic rings. The number of aryl methyl sites for hydroxylation is 1. The summed E-state index contributed by atoms with van der Waals surface area (Å²) in [5, 5.41) is 21.6. The number of methoxy groups -OCH3 is 1. The van der Waals surface area contributed by atoms with Crippen LogP contribution in [0.5, 0.6) is 17.2 Å². The van der Waals surface area contributed by atoms with Gasteiger partial charge in [0.15, 0.2) is 11.5 Å². The maximum absolute atomic E-state index is 13.4. The summed E-state index contributed by atoms with van der Waals surface area (Å²) < 4.78 is 24.3. The van der Waals surface area contributed by atoms with Crippen LogP contribution in [-0.4, -0.2) is 47.1 Å². The smallest absolute Gasteiger partial charge is 0.295 e. The van der Waals surface area contributed by atoms with Crippen molar-refractivity contribution in [3.8, 4) is 17.2 Å². The lowest BCUT2D eigenvalue weighted by Gasteiger charge is -2.26. The number of Topliss-reactive ketones (excluding diaryl/α,β-unsaturated/α-hetero) is 1. The summed E-state index contributed by atoms with van der Waals surface area (Å²) >= 11 is 0. The van der Waals surface area contributed by atoms with Crippen LogP contribution < -0.4 is 9.47 Å². The molecule has 0 spiro atoms. The number of aliphatic hydroxyl groups is 1. The van der Waals surface area contributed by atoms with E-state index in [0.717, 1.165) is 11.1 Å². The van der Waals surface area contributed by atoms with E-state index in [1.165, 1.54) is 30.2 Å². The van der Waals surface area contributed by atoms with Crippen molar-refractivity contribution in [1.82, 2.24) is 4.90 Å². The molecule has 0 bridgehead atoms. The maximum atomic E-state index is 13.4. The number of carbonyl (C=O) groups excluding carboxylic acids is 2. The third-order valence-electron chi connectivity index (χ3n) is 6.30. The lowest BCUT2D eigenvalue weighted by Crippen LogP contribution is -2.31. The van der Waals surface area contributed by atoms with E-state index in [2.05, 4.69) is 0 Å². The van der Waals surface area contributed by atoms with Gasteiger partial charge in [0, 0.05) is 6.54 Å². The minimum atomic E-state index is -0.953. The van der Waals surface area contributed by atoms with Crippen LogP contribution in [0.15, 0.2) is 66.2 Å². The first-order valence-corrected chi connectivity index (χ1v) is 11.9. The summed E-state index contributed by atoms with van der Waals surface area (Å²) in [5.41, 5.74) is 2.28. The summed E-state index contributed by atoms with van der Waals surface area (Å²) in [6.07, 6.45) is 0.355. The molecular weight excluding hydrogens is 477 g/mol. The second kappa shape index (κ2) is 10.7. The molecule has 0 aliphatic carbocycles. The Balaban J connectivity index is 1.85. The number of carbonyl (C=O) groups is 2. The molecule has 1 unspecified atom stereocenters. The second-order valence-electron chi connectivity index (χ2n) is 8.73. The number of likely N-dealkylation sites (tertiary alicyclic amines) is 1. The number of phenolic OH excluding ortho intramolecular Hbond substituents is 1. The lowest BCUT2D eigenvalue weighted by atomic mass is 9.94. The molecule has 1 fully saturated rings. The zero-order chi connectivity index (χ0) is 26.7. The Labute approximate surface area is 214 Å². The molecule has 4 rings (SSSR count). The van der Waals surface area contributed by atoms with E-state index in [4.69, 9.17) is 9.47 Å². The summed E-state index contributed by atoms with van der Waals surface area (Å²) in [7, 11) is 1.45. The van der Waals surface area contributed by atoms with Gasteiger partial charge in [0.25, 0.3) is 11.7 Å². The van der Waals surface area contributed by atoms with Crippen LogP contribution in [0.3, 0.4) is 0 Å². The molecule has 0 radical (unpaired) electrons. The Hall–Kier alpha value is -4.33. The van der Waals surface area contributed by atoms with E-state index >= 15 is 0 Å². The van der Waals surface area contributed by atoms with Crippen molar-refractivity contribution in [3.05, 3.63) is 94.3 Å². The monoisotopic (exact) mass is 505 g/mol. The molecule has 1 aliphatic heterocycles. The van der Waals surface area contributed by atoms with Crippen LogP contribution in [0.4, 0.5) is 4.39 Å². The fraction of sp³-hybridized carbons (Fsp3) is 0.241. The van der Waals surface area contributed by atoms with Crippen molar-refractivity contribution in [2.75, 3.05) is 20.3 Å². The SMILES string of the molecule is CCOc1cc(C2/C(=C(\O)c3cc(C)ccc3OC)C(=O)C(=O)N2CCc2ccc(F)cc2)ccc1O. The van der Waals surface area contributed by atoms with E-state index in [-0.39, 0.29) is 40.8 Å². The molecule has 1 saturated heterocycles. The van der Waals surface area contributed by atoms with Gasteiger partial charge in [-0.25, -0.2) is 4.39 Å². The Bertz CT molecular complexity index is 1370. The van der Waals surface area contributed by atoms with Crippen molar-refractivity contribution in [2.45, 2.75) is 26.3 Å². The lowest BCUT2D eigenvalue weighted by molar-refractivity contribution is -0.139. The standard InChI is InChI=1S/C29H28FNO6/c1-4-37-24-16-19(8-11-22(24)32)26-25(27(33)21-15-17(2)5-12-23(21)36-3)28(34)29(35)31(26)14-13-18-6-9-20(30)10-7-18/h5-12,15-16,26,32-33H,4,13-14H2,1-3H3/b27-25+. The summed E-state index contributed by atoms with van der Waals surface area (Å²) in [5.74, 6) is -1.89. The molecule has 0 saturated carbocycles. The van der Waals surface area contributed by atoms with Gasteiger partial charge >= 0.3 is 0 Å². The number of ketones is 1. The number of hydrogen-bond donors (Lipinski definition) is 2. The Morgan fingerprint density at radius 2 is 1.76 bits per heavy atom. The van der Waals surface area contributed by atoms with Crippen molar-refractivity contribution >= 4 is 17.4 Å². The number of benzene rings is 3. The molecule has 192 valence electrons. The van der Waals surface area contributed by atoms with E-state index in [0.29, 0.717) is 24.3 Å².